The van der Waals surface area contributed by atoms with Crippen LogP contribution in [-0.4, -0.2) is 63.1 Å². The molecule has 1 N–H and O–H groups in total. The number of H-pyrrole nitrogens is 1. The lowest BCUT2D eigenvalue weighted by molar-refractivity contribution is -0.150. The first-order chi connectivity index (χ1) is 12.0. The molecule has 2 fully saturated rings. The molecular formula is C16H18F2N6O. The number of piperidine rings is 1. The highest BCUT2D eigenvalue weighted by molar-refractivity contribution is 5.92. The van der Waals surface area contributed by atoms with Crippen molar-refractivity contribution in [1.82, 2.24) is 25.1 Å². The van der Waals surface area contributed by atoms with Crippen LogP contribution in [0.15, 0.2) is 30.9 Å². The Labute approximate surface area is 143 Å². The van der Waals surface area contributed by atoms with Gasteiger partial charge in [-0.1, -0.05) is 0 Å². The first-order valence-electron chi connectivity index (χ1n) is 8.18. The van der Waals surface area contributed by atoms with Crippen LogP contribution in [0.3, 0.4) is 0 Å². The molecule has 7 nitrogen and oxygen atoms in total. The number of rotatable bonds is 2. The van der Waals surface area contributed by atoms with E-state index in [1.54, 1.807) is 24.7 Å². The Balaban J connectivity index is 1.57. The van der Waals surface area contributed by atoms with E-state index in [4.69, 9.17) is 0 Å². The summed E-state index contributed by atoms with van der Waals surface area (Å²) in [5.41, 5.74) is -0.942. The summed E-state index contributed by atoms with van der Waals surface area (Å²) in [4.78, 5) is 24.1. The van der Waals surface area contributed by atoms with E-state index < -0.39 is 11.3 Å². The topological polar surface area (TPSA) is 78.0 Å². The van der Waals surface area contributed by atoms with Crippen molar-refractivity contribution < 1.29 is 13.6 Å². The Bertz CT molecular complexity index is 753. The first kappa shape index (κ1) is 15.9. The Morgan fingerprint density at radius 3 is 2.76 bits per heavy atom. The number of hydrogen-bond donors (Lipinski definition) is 1. The van der Waals surface area contributed by atoms with Gasteiger partial charge in [-0.3, -0.25) is 14.9 Å². The van der Waals surface area contributed by atoms with E-state index in [0.29, 0.717) is 24.5 Å². The number of aromatic amines is 1. The summed E-state index contributed by atoms with van der Waals surface area (Å²) in [6.45, 7) is 0.693. The number of carbonyl (C=O) groups is 1. The predicted molar refractivity (Wildman–Crippen MR) is 85.4 cm³/mol. The maximum atomic E-state index is 14.8. The minimum Gasteiger partial charge on any atom is -0.354 e. The number of amides is 1. The summed E-state index contributed by atoms with van der Waals surface area (Å²) in [5.74, 6) is -2.52. The van der Waals surface area contributed by atoms with Gasteiger partial charge in [0.2, 0.25) is 0 Å². The molecular weight excluding hydrogens is 330 g/mol. The maximum absolute atomic E-state index is 14.8. The van der Waals surface area contributed by atoms with Crippen LogP contribution in [0.25, 0.3) is 0 Å². The van der Waals surface area contributed by atoms with Gasteiger partial charge >= 0.3 is 0 Å². The Kier molecular flexibility index (Phi) is 3.66. The van der Waals surface area contributed by atoms with Crippen molar-refractivity contribution in [1.29, 1.82) is 0 Å². The van der Waals surface area contributed by atoms with Crippen LogP contribution in [0.1, 0.15) is 23.3 Å². The van der Waals surface area contributed by atoms with E-state index in [2.05, 4.69) is 20.2 Å². The largest absolute Gasteiger partial charge is 0.354 e. The van der Waals surface area contributed by atoms with E-state index in [9.17, 15) is 13.6 Å². The Hall–Kier alpha value is -2.58. The summed E-state index contributed by atoms with van der Waals surface area (Å²) >= 11 is 0. The van der Waals surface area contributed by atoms with Crippen LogP contribution >= 0.6 is 0 Å². The van der Waals surface area contributed by atoms with Gasteiger partial charge in [-0.25, -0.2) is 13.8 Å². The number of anilines is 1. The smallest absolute Gasteiger partial charge is 0.271 e. The third-order valence-electron chi connectivity index (χ3n) is 5.21. The predicted octanol–water partition coefficient (Wildman–Crippen LogP) is 1.58. The number of carbonyl (C=O) groups excluding carboxylic acids is 1. The molecule has 2 aromatic heterocycles. The molecule has 4 rings (SSSR count). The fourth-order valence-corrected chi connectivity index (χ4v) is 3.77. The second-order valence-electron chi connectivity index (χ2n) is 6.67. The van der Waals surface area contributed by atoms with Gasteiger partial charge in [0.1, 0.15) is 11.5 Å². The standard InChI is InChI=1S/C16H18F2N6O/c17-16(18)3-8-24(14(25)12-1-4-21-22-12)11-15(16)2-7-23(10-15)13-9-19-5-6-20-13/h1,4-6,9H,2-3,7-8,10-11H2,(H,21,22)/t15-/m1/s1. The fraction of sp³-hybridized carbons (Fsp3) is 0.500. The molecule has 0 aliphatic carbocycles. The Morgan fingerprint density at radius 1 is 1.16 bits per heavy atom. The molecule has 25 heavy (non-hydrogen) atoms. The molecule has 0 bridgehead atoms. The molecule has 4 heterocycles. The van der Waals surface area contributed by atoms with E-state index in [1.807, 2.05) is 4.90 Å². The van der Waals surface area contributed by atoms with Gasteiger partial charge in [0.05, 0.1) is 11.6 Å². The minimum absolute atomic E-state index is 0.0224. The first-order valence-corrected chi connectivity index (χ1v) is 8.18. The molecule has 9 heteroatoms. The molecule has 0 aromatic carbocycles. The minimum atomic E-state index is -2.82. The van der Waals surface area contributed by atoms with E-state index >= 15 is 0 Å². The van der Waals surface area contributed by atoms with Crippen molar-refractivity contribution >= 4 is 11.7 Å². The molecule has 0 unspecified atom stereocenters. The normalized spacial score (nSPS) is 25.5. The van der Waals surface area contributed by atoms with Crippen LogP contribution in [-0.2, 0) is 0 Å². The lowest BCUT2D eigenvalue weighted by Gasteiger charge is -2.45. The number of alkyl halides is 2. The summed E-state index contributed by atoms with van der Waals surface area (Å²) in [5, 5.41) is 6.37. The van der Waals surface area contributed by atoms with Gasteiger partial charge < -0.3 is 9.80 Å². The van der Waals surface area contributed by atoms with Crippen LogP contribution in [0.2, 0.25) is 0 Å². The molecule has 2 aliphatic rings. The van der Waals surface area contributed by atoms with Crippen molar-refractivity contribution in [3.05, 3.63) is 36.5 Å². The van der Waals surface area contributed by atoms with Crippen molar-refractivity contribution in [3.63, 3.8) is 0 Å². The van der Waals surface area contributed by atoms with Gasteiger partial charge in [0, 0.05) is 51.2 Å². The van der Waals surface area contributed by atoms with E-state index in [0.717, 1.165) is 0 Å². The number of nitrogens with zero attached hydrogens (tertiary/aromatic N) is 5. The average molecular weight is 348 g/mol. The second kappa shape index (κ2) is 5.75. The van der Waals surface area contributed by atoms with Crippen LogP contribution in [0, 0.1) is 5.41 Å². The van der Waals surface area contributed by atoms with Crippen molar-refractivity contribution in [3.8, 4) is 0 Å². The molecule has 2 saturated heterocycles. The number of nitrogens with one attached hydrogen (secondary N) is 1. The summed E-state index contributed by atoms with van der Waals surface area (Å²) in [6, 6.07) is 1.56. The van der Waals surface area contributed by atoms with Crippen molar-refractivity contribution in [2.24, 2.45) is 5.41 Å². The maximum Gasteiger partial charge on any atom is 0.271 e. The van der Waals surface area contributed by atoms with Gasteiger partial charge in [-0.05, 0) is 12.5 Å². The lowest BCUT2D eigenvalue weighted by atomic mass is 9.75. The highest BCUT2D eigenvalue weighted by atomic mass is 19.3. The molecule has 0 saturated carbocycles. The molecule has 2 aliphatic heterocycles. The molecule has 0 radical (unpaired) electrons. The average Bonchev–Trinajstić information content (AvgIpc) is 3.29. The SMILES string of the molecule is O=C(c1ccn[nH]1)N1CCC(F)(F)[C@@]2(CCN(c3cnccn3)C2)C1. The van der Waals surface area contributed by atoms with Gasteiger partial charge in [0.15, 0.2) is 0 Å². The van der Waals surface area contributed by atoms with Crippen LogP contribution in [0.5, 0.6) is 0 Å². The van der Waals surface area contributed by atoms with Crippen molar-refractivity contribution in [2.45, 2.75) is 18.8 Å². The van der Waals surface area contributed by atoms with Gasteiger partial charge in [-0.15, -0.1) is 0 Å². The molecule has 1 spiro atoms. The Morgan fingerprint density at radius 2 is 2.04 bits per heavy atom. The quantitative estimate of drug-likeness (QED) is 0.891. The van der Waals surface area contributed by atoms with Crippen molar-refractivity contribution in [2.75, 3.05) is 31.1 Å². The fourth-order valence-electron chi connectivity index (χ4n) is 3.77. The van der Waals surface area contributed by atoms with E-state index in [-0.39, 0.29) is 32.0 Å². The zero-order chi connectivity index (χ0) is 17.5. The number of likely N-dealkylation sites (tertiary alicyclic amines) is 1. The van der Waals surface area contributed by atoms with Crippen LogP contribution < -0.4 is 4.90 Å². The summed E-state index contributed by atoms with van der Waals surface area (Å²) in [7, 11) is 0. The van der Waals surface area contributed by atoms with E-state index in [1.165, 1.54) is 11.1 Å². The molecule has 1 atom stereocenters. The summed E-state index contributed by atoms with van der Waals surface area (Å²) < 4.78 is 29.6. The summed E-state index contributed by atoms with van der Waals surface area (Å²) in [6.07, 6.45) is 6.13. The zero-order valence-electron chi connectivity index (χ0n) is 13.5. The second-order valence-corrected chi connectivity index (χ2v) is 6.67. The molecule has 132 valence electrons. The zero-order valence-corrected chi connectivity index (χ0v) is 13.5. The molecule has 1 amide bonds. The number of halogens is 2. The van der Waals surface area contributed by atoms with Gasteiger partial charge in [0.25, 0.3) is 11.8 Å². The van der Waals surface area contributed by atoms with Gasteiger partial charge in [-0.2, -0.15) is 5.10 Å². The lowest BCUT2D eigenvalue weighted by Crippen LogP contribution is -2.58. The van der Waals surface area contributed by atoms with Crippen LogP contribution in [0.4, 0.5) is 14.6 Å². The third-order valence-corrected chi connectivity index (χ3v) is 5.21. The third kappa shape index (κ3) is 2.63. The highest BCUT2D eigenvalue weighted by Crippen LogP contribution is 2.50. The number of hydrogen-bond acceptors (Lipinski definition) is 5. The molecule has 2 aromatic rings. The highest BCUT2D eigenvalue weighted by Gasteiger charge is 2.60. The number of aromatic nitrogens is 4. The monoisotopic (exact) mass is 348 g/mol.